The Hall–Kier alpha value is -2.43. The zero-order valence-electron chi connectivity index (χ0n) is 11.8. The van der Waals surface area contributed by atoms with E-state index in [4.69, 9.17) is 4.74 Å². The fourth-order valence-corrected chi connectivity index (χ4v) is 3.22. The normalized spacial score (nSPS) is 25.0. The van der Waals surface area contributed by atoms with Crippen molar-refractivity contribution >= 4 is 17.8 Å². The number of ether oxygens (including phenoxy) is 1. The van der Waals surface area contributed by atoms with Crippen molar-refractivity contribution in [1.82, 2.24) is 4.90 Å². The molecule has 1 aromatic rings. The van der Waals surface area contributed by atoms with Gasteiger partial charge in [0.2, 0.25) is 5.91 Å². The van der Waals surface area contributed by atoms with Crippen LogP contribution in [0.15, 0.2) is 36.1 Å². The molecular weight excluding hydrogens is 270 g/mol. The fraction of sp³-hybridized carbons (Fsp3) is 0.312. The average molecular weight is 285 g/mol. The van der Waals surface area contributed by atoms with E-state index in [-0.39, 0.29) is 23.8 Å². The van der Waals surface area contributed by atoms with E-state index in [1.54, 1.807) is 0 Å². The number of imide groups is 1. The van der Waals surface area contributed by atoms with Gasteiger partial charge in [-0.15, -0.1) is 0 Å². The number of carbonyl (C=O) groups is 3. The Kier molecular flexibility index (Phi) is 3.12. The molecule has 108 valence electrons. The van der Waals surface area contributed by atoms with Crippen LogP contribution >= 0.6 is 0 Å². The number of likely N-dealkylation sites (tertiary alicyclic amines) is 1. The summed E-state index contributed by atoms with van der Waals surface area (Å²) in [5.41, 5.74) is 2.51. The van der Waals surface area contributed by atoms with Crippen LogP contribution in [0.25, 0.3) is 0 Å². The molecule has 0 bridgehead atoms. The minimum atomic E-state index is -0.483. The van der Waals surface area contributed by atoms with Gasteiger partial charge in [-0.25, -0.2) is 0 Å². The monoisotopic (exact) mass is 285 g/mol. The summed E-state index contributed by atoms with van der Waals surface area (Å²) in [6.07, 6.45) is 1.88. The fourth-order valence-electron chi connectivity index (χ4n) is 3.22. The number of nitrogens with zero attached hydrogens (tertiary/aromatic N) is 1. The van der Waals surface area contributed by atoms with E-state index in [0.717, 1.165) is 11.1 Å². The van der Waals surface area contributed by atoms with Crippen LogP contribution in [-0.4, -0.2) is 22.7 Å². The predicted molar refractivity (Wildman–Crippen MR) is 73.8 cm³/mol. The van der Waals surface area contributed by atoms with E-state index in [1.807, 2.05) is 24.3 Å². The molecule has 1 aromatic carbocycles. The Bertz CT molecular complexity index is 677. The van der Waals surface area contributed by atoms with Crippen LogP contribution in [0.1, 0.15) is 31.0 Å². The van der Waals surface area contributed by atoms with E-state index in [1.165, 1.54) is 25.0 Å². The maximum atomic E-state index is 12.4. The summed E-state index contributed by atoms with van der Waals surface area (Å²) in [4.78, 5) is 36.5. The number of esters is 1. The third-order valence-electron chi connectivity index (χ3n) is 4.03. The molecule has 2 amide bonds. The summed E-state index contributed by atoms with van der Waals surface area (Å²) in [6.45, 7) is 2.66. The van der Waals surface area contributed by atoms with Crippen molar-refractivity contribution in [2.75, 3.05) is 0 Å². The number of hydrogen-bond acceptors (Lipinski definition) is 4. The van der Waals surface area contributed by atoms with Crippen LogP contribution in [0.5, 0.6) is 0 Å². The van der Waals surface area contributed by atoms with Crippen molar-refractivity contribution in [3.63, 3.8) is 0 Å². The van der Waals surface area contributed by atoms with Gasteiger partial charge in [0.05, 0.1) is 11.6 Å². The standard InChI is InChI=1S/C16H15NO4/c1-9(18)17-15-12-6-4-3-5-11(12)7-13(15)14(16(17)20)8-21-10(2)19/h3-6,8,13,15H,7H2,1-2H3/b14-8-. The molecule has 1 heterocycles. The van der Waals surface area contributed by atoms with Gasteiger partial charge in [-0.3, -0.25) is 19.3 Å². The molecule has 2 unspecified atom stereocenters. The molecule has 0 N–H and O–H groups in total. The van der Waals surface area contributed by atoms with Gasteiger partial charge in [-0.1, -0.05) is 24.3 Å². The van der Waals surface area contributed by atoms with Crippen molar-refractivity contribution in [1.29, 1.82) is 0 Å². The minimum Gasteiger partial charge on any atom is -0.434 e. The van der Waals surface area contributed by atoms with Gasteiger partial charge in [0.1, 0.15) is 6.26 Å². The van der Waals surface area contributed by atoms with E-state index >= 15 is 0 Å². The highest BCUT2D eigenvalue weighted by atomic mass is 16.5. The Morgan fingerprint density at radius 3 is 2.67 bits per heavy atom. The maximum absolute atomic E-state index is 12.4. The summed E-state index contributed by atoms with van der Waals surface area (Å²) >= 11 is 0. The summed E-state index contributed by atoms with van der Waals surface area (Å²) in [6, 6.07) is 7.50. The lowest BCUT2D eigenvalue weighted by Crippen LogP contribution is -2.32. The lowest BCUT2D eigenvalue weighted by Gasteiger charge is -2.20. The maximum Gasteiger partial charge on any atom is 0.307 e. The minimum absolute atomic E-state index is 0.141. The van der Waals surface area contributed by atoms with Crippen molar-refractivity contribution in [3.05, 3.63) is 47.2 Å². The number of hydrogen-bond donors (Lipinski definition) is 0. The largest absolute Gasteiger partial charge is 0.434 e. The lowest BCUT2D eigenvalue weighted by atomic mass is 9.97. The van der Waals surface area contributed by atoms with Crippen molar-refractivity contribution in [2.45, 2.75) is 26.3 Å². The lowest BCUT2D eigenvalue weighted by molar-refractivity contribution is -0.141. The van der Waals surface area contributed by atoms with Crippen LogP contribution in [0.3, 0.4) is 0 Å². The van der Waals surface area contributed by atoms with Gasteiger partial charge < -0.3 is 4.74 Å². The van der Waals surface area contributed by atoms with Crippen molar-refractivity contribution < 1.29 is 19.1 Å². The average Bonchev–Trinajstić information content (AvgIpc) is 2.90. The summed E-state index contributed by atoms with van der Waals surface area (Å²) in [5, 5.41) is 0. The molecule has 5 nitrogen and oxygen atoms in total. The predicted octanol–water partition coefficient (Wildman–Crippen LogP) is 1.74. The molecule has 2 atom stereocenters. The highest BCUT2D eigenvalue weighted by Crippen LogP contribution is 2.49. The van der Waals surface area contributed by atoms with Gasteiger partial charge in [0.15, 0.2) is 0 Å². The third-order valence-corrected chi connectivity index (χ3v) is 4.03. The van der Waals surface area contributed by atoms with E-state index in [9.17, 15) is 14.4 Å². The third kappa shape index (κ3) is 2.05. The molecule has 1 fully saturated rings. The molecule has 3 rings (SSSR count). The molecular formula is C16H15NO4. The zero-order valence-corrected chi connectivity index (χ0v) is 11.8. The molecule has 2 aliphatic rings. The molecule has 0 saturated carbocycles. The molecule has 5 heteroatoms. The Morgan fingerprint density at radius 2 is 2.00 bits per heavy atom. The first-order chi connectivity index (χ1) is 10.0. The SMILES string of the molecule is CC(=O)O/C=C1\C(=O)N(C(C)=O)C2c3ccccc3CC12. The molecule has 0 aromatic heterocycles. The molecule has 21 heavy (non-hydrogen) atoms. The second-order valence-electron chi connectivity index (χ2n) is 5.33. The van der Waals surface area contributed by atoms with Crippen LogP contribution in [0.2, 0.25) is 0 Å². The topological polar surface area (TPSA) is 63.7 Å². The highest BCUT2D eigenvalue weighted by molar-refractivity contribution is 6.07. The van der Waals surface area contributed by atoms with Crippen molar-refractivity contribution in [3.8, 4) is 0 Å². The number of benzene rings is 1. The summed E-state index contributed by atoms with van der Waals surface area (Å²) in [7, 11) is 0. The van der Waals surface area contributed by atoms with Crippen LogP contribution in [0, 0.1) is 5.92 Å². The first kappa shape index (κ1) is 13.5. The number of carbonyl (C=O) groups excluding carboxylic acids is 3. The molecule has 1 aliphatic carbocycles. The molecule has 0 radical (unpaired) electrons. The van der Waals surface area contributed by atoms with Gasteiger partial charge in [-0.2, -0.15) is 0 Å². The molecule has 1 aliphatic heterocycles. The highest BCUT2D eigenvalue weighted by Gasteiger charge is 2.50. The van der Waals surface area contributed by atoms with Crippen LogP contribution in [-0.2, 0) is 25.5 Å². The Labute approximate surface area is 122 Å². The molecule has 1 saturated heterocycles. The van der Waals surface area contributed by atoms with Gasteiger partial charge in [0.25, 0.3) is 5.91 Å². The zero-order chi connectivity index (χ0) is 15.1. The number of amides is 2. The Balaban J connectivity index is 2.06. The van der Waals surface area contributed by atoms with Gasteiger partial charge in [-0.05, 0) is 17.5 Å². The van der Waals surface area contributed by atoms with Gasteiger partial charge >= 0.3 is 5.97 Å². The molecule has 0 spiro atoms. The quantitative estimate of drug-likeness (QED) is 0.448. The summed E-state index contributed by atoms with van der Waals surface area (Å²) in [5.74, 6) is -1.28. The second kappa shape index (κ2) is 4.84. The van der Waals surface area contributed by atoms with E-state index < -0.39 is 5.97 Å². The first-order valence-corrected chi connectivity index (χ1v) is 6.80. The number of rotatable bonds is 1. The van der Waals surface area contributed by atoms with E-state index in [2.05, 4.69) is 0 Å². The summed E-state index contributed by atoms with van der Waals surface area (Å²) < 4.78 is 4.87. The van der Waals surface area contributed by atoms with E-state index in [0.29, 0.717) is 12.0 Å². The van der Waals surface area contributed by atoms with Crippen molar-refractivity contribution in [2.24, 2.45) is 5.92 Å². The first-order valence-electron chi connectivity index (χ1n) is 6.80. The van der Waals surface area contributed by atoms with Crippen LogP contribution < -0.4 is 0 Å². The second-order valence-corrected chi connectivity index (χ2v) is 5.33. The smallest absolute Gasteiger partial charge is 0.307 e. The number of fused-ring (bicyclic) bond motifs is 3. The van der Waals surface area contributed by atoms with Gasteiger partial charge in [0, 0.05) is 19.8 Å². The van der Waals surface area contributed by atoms with Crippen LogP contribution in [0.4, 0.5) is 0 Å². The Morgan fingerprint density at radius 1 is 1.29 bits per heavy atom.